The van der Waals surface area contributed by atoms with Crippen molar-refractivity contribution in [1.82, 2.24) is 0 Å². The molecule has 13 heavy (non-hydrogen) atoms. The third kappa shape index (κ3) is 9.76. The van der Waals surface area contributed by atoms with Crippen LogP contribution >= 0.6 is 0 Å². The Labute approximate surface area is 79.7 Å². The topological polar surface area (TPSA) is 54.4 Å². The summed E-state index contributed by atoms with van der Waals surface area (Å²) in [6.45, 7) is 4.02. The lowest BCUT2D eigenvalue weighted by molar-refractivity contribution is 0.440. The van der Waals surface area contributed by atoms with Gasteiger partial charge in [0, 0.05) is 0 Å². The molecule has 3 nitrogen and oxygen atoms in total. The van der Waals surface area contributed by atoms with Crippen LogP contribution in [-0.2, 0) is 10.1 Å². The zero-order chi connectivity index (χ0) is 9.61. The summed E-state index contributed by atoms with van der Waals surface area (Å²) in [6.07, 6.45) is 3.82. The zero-order valence-corrected chi connectivity index (χ0v) is 9.01. The molecule has 0 aromatic heterocycles. The molecule has 0 aliphatic carbocycles. The van der Waals surface area contributed by atoms with Crippen LogP contribution in [0.1, 0.15) is 39.5 Å². The molecule has 0 bridgehead atoms. The van der Waals surface area contributed by atoms with Crippen LogP contribution in [0.15, 0.2) is 0 Å². The second-order valence-corrected chi connectivity index (χ2v) is 4.66. The molecule has 0 spiro atoms. The third-order valence-electron chi connectivity index (χ3n) is 1.99. The van der Waals surface area contributed by atoms with Crippen LogP contribution in [0.25, 0.3) is 0 Å². The van der Waals surface area contributed by atoms with Crippen LogP contribution in [0.4, 0.5) is 4.70 Å². The Morgan fingerprint density at radius 3 is 2.15 bits per heavy atom. The van der Waals surface area contributed by atoms with Crippen LogP contribution in [0.2, 0.25) is 0 Å². The summed E-state index contributed by atoms with van der Waals surface area (Å²) in [5, 5.41) is 0. The average Bonchev–Trinajstić information content (AvgIpc) is 1.95. The Balaban J connectivity index is 0. The van der Waals surface area contributed by atoms with Gasteiger partial charge in [0.25, 0.3) is 10.1 Å². The first kappa shape index (κ1) is 15.3. The van der Waals surface area contributed by atoms with E-state index in [1.807, 2.05) is 6.92 Å². The molecule has 0 fully saturated rings. The van der Waals surface area contributed by atoms with E-state index in [2.05, 4.69) is 6.92 Å². The third-order valence-corrected chi connectivity index (χ3v) is 2.88. The van der Waals surface area contributed by atoms with E-state index in [1.165, 1.54) is 0 Å². The van der Waals surface area contributed by atoms with Gasteiger partial charge in [0.05, 0.1) is 5.75 Å². The number of unbranched alkanes of at least 4 members (excludes halogenated alkanes) is 1. The van der Waals surface area contributed by atoms with Gasteiger partial charge in [0.15, 0.2) is 0 Å². The number of rotatable bonds is 6. The molecule has 0 heterocycles. The van der Waals surface area contributed by atoms with Crippen molar-refractivity contribution >= 4 is 10.1 Å². The lowest BCUT2D eigenvalue weighted by atomic mass is 10.0. The van der Waals surface area contributed by atoms with Crippen molar-refractivity contribution in [3.8, 4) is 0 Å². The van der Waals surface area contributed by atoms with E-state index in [1.54, 1.807) is 0 Å². The van der Waals surface area contributed by atoms with E-state index in [0.717, 1.165) is 25.7 Å². The quantitative estimate of drug-likeness (QED) is 0.690. The van der Waals surface area contributed by atoms with Crippen molar-refractivity contribution in [3.05, 3.63) is 0 Å². The highest BCUT2D eigenvalue weighted by atomic mass is 32.2. The van der Waals surface area contributed by atoms with E-state index >= 15 is 0 Å². The average molecular weight is 214 g/mol. The van der Waals surface area contributed by atoms with E-state index in [0.29, 0.717) is 0 Å². The minimum atomic E-state index is -3.77. The summed E-state index contributed by atoms with van der Waals surface area (Å²) in [5.74, 6) is 0.0451. The minimum absolute atomic E-state index is 0. The van der Waals surface area contributed by atoms with Gasteiger partial charge < -0.3 is 0 Å². The molecule has 0 aromatic carbocycles. The van der Waals surface area contributed by atoms with Crippen LogP contribution < -0.4 is 0 Å². The first-order valence-corrected chi connectivity index (χ1v) is 6.05. The van der Waals surface area contributed by atoms with Gasteiger partial charge in [-0.05, 0) is 12.3 Å². The van der Waals surface area contributed by atoms with Crippen molar-refractivity contribution in [2.45, 2.75) is 39.5 Å². The Bertz CT molecular complexity index is 201. The molecule has 0 aliphatic heterocycles. The predicted octanol–water partition coefficient (Wildman–Crippen LogP) is 2.24. The molecule has 0 radical (unpaired) electrons. The first-order valence-electron chi connectivity index (χ1n) is 4.44. The van der Waals surface area contributed by atoms with Crippen LogP contribution in [-0.4, -0.2) is 18.7 Å². The second-order valence-electron chi connectivity index (χ2n) is 3.17. The molecule has 0 aliphatic rings. The van der Waals surface area contributed by atoms with Gasteiger partial charge >= 0.3 is 0 Å². The van der Waals surface area contributed by atoms with Crippen molar-refractivity contribution in [1.29, 1.82) is 0 Å². The molecular weight excluding hydrogens is 195 g/mol. The van der Waals surface area contributed by atoms with Gasteiger partial charge in [0.1, 0.15) is 0 Å². The monoisotopic (exact) mass is 214 g/mol. The molecule has 5 heteroatoms. The lowest BCUT2D eigenvalue weighted by Crippen LogP contribution is -2.14. The summed E-state index contributed by atoms with van der Waals surface area (Å²) in [4.78, 5) is 0. The maximum atomic E-state index is 10.5. The molecule has 1 unspecified atom stereocenters. The van der Waals surface area contributed by atoms with Crippen molar-refractivity contribution in [2.75, 3.05) is 5.75 Å². The van der Waals surface area contributed by atoms with E-state index in [9.17, 15) is 8.42 Å². The van der Waals surface area contributed by atoms with Gasteiger partial charge in [-0.1, -0.05) is 33.1 Å². The highest BCUT2D eigenvalue weighted by molar-refractivity contribution is 7.85. The lowest BCUT2D eigenvalue weighted by Gasteiger charge is -2.11. The molecule has 1 N–H and O–H groups in total. The summed E-state index contributed by atoms with van der Waals surface area (Å²) in [6, 6.07) is 0. The van der Waals surface area contributed by atoms with E-state index < -0.39 is 10.1 Å². The van der Waals surface area contributed by atoms with Crippen LogP contribution in [0.3, 0.4) is 0 Å². The number of hydrogen-bond acceptors (Lipinski definition) is 2. The van der Waals surface area contributed by atoms with Crippen molar-refractivity contribution in [2.24, 2.45) is 5.92 Å². The van der Waals surface area contributed by atoms with Gasteiger partial charge in [-0.25, -0.2) is 0 Å². The summed E-state index contributed by atoms with van der Waals surface area (Å²) in [5.41, 5.74) is 0. The SMILES string of the molecule is CCCCC(CC)CS(=O)(=O)O.F. The molecule has 82 valence electrons. The summed E-state index contributed by atoms with van der Waals surface area (Å²) in [7, 11) is -3.77. The zero-order valence-electron chi connectivity index (χ0n) is 8.19. The Morgan fingerprint density at radius 1 is 1.31 bits per heavy atom. The number of halogens is 1. The molecule has 0 saturated heterocycles. The standard InChI is InChI=1S/C8H18O3S.FH/c1-3-5-6-8(4-2)7-12(9,10)11;/h8H,3-7H2,1-2H3,(H,9,10,11);1H. The highest BCUT2D eigenvalue weighted by Crippen LogP contribution is 2.14. The maximum absolute atomic E-state index is 10.5. The highest BCUT2D eigenvalue weighted by Gasteiger charge is 2.14. The Hall–Kier alpha value is -0.160. The van der Waals surface area contributed by atoms with Crippen LogP contribution in [0.5, 0.6) is 0 Å². The molecule has 0 rings (SSSR count). The van der Waals surface area contributed by atoms with Gasteiger partial charge in [0.2, 0.25) is 0 Å². The number of hydrogen-bond donors (Lipinski definition) is 1. The van der Waals surface area contributed by atoms with Gasteiger partial charge in [-0.2, -0.15) is 8.42 Å². The molecule has 1 atom stereocenters. The fourth-order valence-corrected chi connectivity index (χ4v) is 2.19. The van der Waals surface area contributed by atoms with E-state index in [-0.39, 0.29) is 16.4 Å². The van der Waals surface area contributed by atoms with Crippen molar-refractivity contribution < 1.29 is 17.7 Å². The minimum Gasteiger partial charge on any atom is -0.286 e. The molecule has 0 aromatic rings. The Kier molecular flexibility index (Phi) is 8.56. The largest absolute Gasteiger partial charge is 0.286 e. The van der Waals surface area contributed by atoms with Crippen molar-refractivity contribution in [3.63, 3.8) is 0 Å². The van der Waals surface area contributed by atoms with E-state index in [4.69, 9.17) is 4.55 Å². The fourth-order valence-electron chi connectivity index (χ4n) is 1.20. The normalized spacial score (nSPS) is 13.5. The fraction of sp³-hybridized carbons (Fsp3) is 1.00. The molecule has 0 amide bonds. The summed E-state index contributed by atoms with van der Waals surface area (Å²) >= 11 is 0. The molecular formula is C8H19FO3S. The maximum Gasteiger partial charge on any atom is 0.265 e. The first-order chi connectivity index (χ1) is 5.49. The van der Waals surface area contributed by atoms with Gasteiger partial charge in [-0.15, -0.1) is 0 Å². The summed E-state index contributed by atoms with van der Waals surface area (Å²) < 4.78 is 29.6. The molecule has 0 saturated carbocycles. The van der Waals surface area contributed by atoms with Gasteiger partial charge in [-0.3, -0.25) is 9.26 Å². The Morgan fingerprint density at radius 2 is 1.85 bits per heavy atom. The smallest absolute Gasteiger partial charge is 0.265 e. The van der Waals surface area contributed by atoms with Crippen LogP contribution in [0, 0.1) is 5.92 Å². The second kappa shape index (κ2) is 7.26. The predicted molar refractivity (Wildman–Crippen MR) is 52.2 cm³/mol.